The smallest absolute Gasteiger partial charge is 0.381 e. The molecule has 74 valence electrons. The molecule has 0 rings (SSSR count). The minimum atomic E-state index is -1.22. The van der Waals surface area contributed by atoms with Crippen LogP contribution in [0.2, 0.25) is 0 Å². The lowest BCUT2D eigenvalue weighted by molar-refractivity contribution is -0.157. The Balaban J connectivity index is 0. The normalized spacial score (nSPS) is 6.79. The molecule has 1 N–H and O–H groups in total. The van der Waals surface area contributed by atoms with Crippen molar-refractivity contribution in [1.29, 1.82) is 5.26 Å². The van der Waals surface area contributed by atoms with E-state index in [0.717, 1.165) is 6.92 Å². The van der Waals surface area contributed by atoms with Crippen LogP contribution in [0.15, 0.2) is 0 Å². The predicted octanol–water partition coefficient (Wildman–Crippen LogP) is -0.306. The van der Waals surface area contributed by atoms with Crippen LogP contribution < -0.4 is 0 Å². The molecule has 0 atom stereocenters. The molecule has 6 heteroatoms. The minimum absolute atomic E-state index is 0.375. The molecule has 0 radical (unpaired) electrons. The van der Waals surface area contributed by atoms with Crippen molar-refractivity contribution in [3.63, 3.8) is 0 Å². The second-order valence-corrected chi connectivity index (χ2v) is 1.75. The summed E-state index contributed by atoms with van der Waals surface area (Å²) in [6, 6.07) is 1.55. The molecule has 0 aromatic carbocycles. The second-order valence-electron chi connectivity index (χ2n) is 1.75. The van der Waals surface area contributed by atoms with E-state index in [2.05, 4.69) is 11.2 Å². The fourth-order valence-electron chi connectivity index (χ4n) is 0.261. The second kappa shape index (κ2) is 8.75. The predicted molar refractivity (Wildman–Crippen MR) is 43.5 cm³/mol. The van der Waals surface area contributed by atoms with E-state index < -0.39 is 17.9 Å². The maximum Gasteiger partial charge on any atom is 0.381 e. The maximum absolute atomic E-state index is 10.2. The molecule has 0 fully saturated rings. The summed E-state index contributed by atoms with van der Waals surface area (Å²) in [5.41, 5.74) is 0. The highest BCUT2D eigenvalue weighted by Crippen LogP contribution is 1.83. The molecule has 14 heavy (non-hydrogen) atoms. The van der Waals surface area contributed by atoms with Crippen LogP contribution >= 0.6 is 0 Å². The lowest BCUT2D eigenvalue weighted by Crippen LogP contribution is -2.07. The van der Waals surface area contributed by atoms with E-state index in [4.69, 9.17) is 15.2 Å². The molecule has 0 heterocycles. The van der Waals surface area contributed by atoms with Crippen molar-refractivity contribution in [3.8, 4) is 18.4 Å². The highest BCUT2D eigenvalue weighted by Gasteiger charge is 2.02. The van der Waals surface area contributed by atoms with Gasteiger partial charge in [0.15, 0.2) is 0 Å². The first kappa shape index (κ1) is 14.2. The van der Waals surface area contributed by atoms with Gasteiger partial charge in [0.25, 0.3) is 0 Å². The summed E-state index contributed by atoms with van der Waals surface area (Å²) in [7, 11) is 0. The molecule has 6 nitrogen and oxygen atoms in total. The van der Waals surface area contributed by atoms with Crippen LogP contribution in [0.1, 0.15) is 13.3 Å². The van der Waals surface area contributed by atoms with Crippen LogP contribution in [0.5, 0.6) is 0 Å². The lowest BCUT2D eigenvalue weighted by atomic mass is 10.5. The monoisotopic (exact) mass is 197 g/mol. The molecule has 0 aliphatic heterocycles. The van der Waals surface area contributed by atoms with Crippen LogP contribution in [0.4, 0.5) is 0 Å². The van der Waals surface area contributed by atoms with Gasteiger partial charge in [0.2, 0.25) is 0 Å². The number of nitriles is 1. The van der Waals surface area contributed by atoms with Crippen LogP contribution in [0.25, 0.3) is 0 Å². The summed E-state index contributed by atoms with van der Waals surface area (Å²) in [4.78, 5) is 29.3. The third kappa shape index (κ3) is 16.3. The fourth-order valence-corrected chi connectivity index (χ4v) is 0.261. The van der Waals surface area contributed by atoms with E-state index in [1.54, 1.807) is 6.07 Å². The zero-order chi connectivity index (χ0) is 11.6. The number of aliphatic carboxylic acids is 1. The Morgan fingerprint density at radius 1 is 1.50 bits per heavy atom. The minimum Gasteiger partial charge on any atom is -0.472 e. The summed E-state index contributed by atoms with van der Waals surface area (Å²) in [5.74, 6) is -1.26. The zero-order valence-electron chi connectivity index (χ0n) is 7.31. The largest absolute Gasteiger partial charge is 0.472 e. The third-order valence-electron chi connectivity index (χ3n) is 0.604. The van der Waals surface area contributed by atoms with E-state index in [-0.39, 0.29) is 6.42 Å². The molecule has 0 saturated heterocycles. The van der Waals surface area contributed by atoms with E-state index in [1.807, 2.05) is 0 Å². The van der Waals surface area contributed by atoms with Gasteiger partial charge in [0.1, 0.15) is 6.42 Å². The number of hydrogen-bond acceptors (Lipinski definition) is 5. The van der Waals surface area contributed by atoms with Gasteiger partial charge in [-0.3, -0.25) is 9.59 Å². The molecule has 0 aliphatic rings. The van der Waals surface area contributed by atoms with Gasteiger partial charge in [-0.15, -0.1) is 6.42 Å². The number of esters is 2. The molecule has 0 unspecified atom stereocenters. The molecule has 0 aliphatic carbocycles. The van der Waals surface area contributed by atoms with Gasteiger partial charge in [-0.2, -0.15) is 5.26 Å². The number of carbonyl (C=O) groups is 3. The average molecular weight is 197 g/mol. The number of ether oxygens (including phenoxy) is 1. The van der Waals surface area contributed by atoms with Gasteiger partial charge in [0, 0.05) is 12.8 Å². The number of carboxylic acid groups (broad SMARTS) is 1. The van der Waals surface area contributed by atoms with Gasteiger partial charge in [-0.05, 0) is 0 Å². The fraction of sp³-hybridized carbons (Fsp3) is 0.250. The van der Waals surface area contributed by atoms with Gasteiger partial charge >= 0.3 is 17.9 Å². The Kier molecular flexibility index (Phi) is 8.88. The molecule has 0 amide bonds. The summed E-state index contributed by atoms with van der Waals surface area (Å²) >= 11 is 0. The first-order chi connectivity index (χ1) is 6.43. The summed E-state index contributed by atoms with van der Waals surface area (Å²) in [5, 5.41) is 15.4. The average Bonchev–Trinajstić information content (AvgIpc) is 2.04. The molecule has 0 aromatic rings. The first-order valence-electron chi connectivity index (χ1n) is 3.21. The lowest BCUT2D eigenvalue weighted by Gasteiger charge is -1.90. The van der Waals surface area contributed by atoms with E-state index in [9.17, 15) is 9.59 Å². The van der Waals surface area contributed by atoms with Gasteiger partial charge < -0.3 is 9.84 Å². The number of carbonyl (C=O) groups excluding carboxylic acids is 2. The van der Waals surface area contributed by atoms with Crippen LogP contribution in [-0.4, -0.2) is 23.0 Å². The Bertz CT molecular complexity index is 307. The molecule has 0 spiro atoms. The van der Waals surface area contributed by atoms with E-state index in [1.165, 1.54) is 5.92 Å². The Morgan fingerprint density at radius 3 is 2.14 bits per heavy atom. The number of carboxylic acids is 1. The Morgan fingerprint density at radius 2 is 1.93 bits per heavy atom. The highest BCUT2D eigenvalue weighted by molar-refractivity contribution is 5.85. The number of hydrogen-bond donors (Lipinski definition) is 1. The van der Waals surface area contributed by atoms with Gasteiger partial charge in [-0.1, -0.05) is 0 Å². The van der Waals surface area contributed by atoms with Gasteiger partial charge in [-0.25, -0.2) is 4.79 Å². The molecule has 0 saturated carbocycles. The van der Waals surface area contributed by atoms with Crippen LogP contribution in [0, 0.1) is 23.7 Å². The van der Waals surface area contributed by atoms with E-state index in [0.29, 0.717) is 0 Å². The summed E-state index contributed by atoms with van der Waals surface area (Å²) < 4.78 is 3.99. The molecule has 0 bridgehead atoms. The molecular weight excluding hydrogens is 190 g/mol. The number of rotatable bonds is 1. The maximum atomic E-state index is 10.2. The highest BCUT2D eigenvalue weighted by atomic mass is 16.6. The van der Waals surface area contributed by atoms with Crippen molar-refractivity contribution < 1.29 is 24.2 Å². The third-order valence-corrected chi connectivity index (χ3v) is 0.604. The molecule has 0 aromatic heterocycles. The zero-order valence-corrected chi connectivity index (χ0v) is 7.31. The summed E-state index contributed by atoms with van der Waals surface area (Å²) in [6.45, 7) is 1.11. The van der Waals surface area contributed by atoms with Crippen molar-refractivity contribution in [3.05, 3.63) is 0 Å². The number of nitrogens with zero attached hydrogens (tertiary/aromatic N) is 1. The van der Waals surface area contributed by atoms with Crippen molar-refractivity contribution >= 4 is 17.9 Å². The first-order valence-corrected chi connectivity index (χ1v) is 3.21. The Labute approximate surface area is 80.1 Å². The Hall–Kier alpha value is -2.34. The van der Waals surface area contributed by atoms with Gasteiger partial charge in [0.05, 0.1) is 6.07 Å². The SMILES string of the molecule is C#CC(=O)O.CC(=O)OC(=O)CC#N. The number of terminal acetylenes is 1. The van der Waals surface area contributed by atoms with E-state index >= 15 is 0 Å². The van der Waals surface area contributed by atoms with Crippen molar-refractivity contribution in [2.45, 2.75) is 13.3 Å². The standard InChI is InChI=1S/C5H5NO3.C3H2O2/c1-4(7)9-5(8)2-3-6;1-2-3(4)5/h2H2,1H3;1H,(H,4,5). The van der Waals surface area contributed by atoms with Crippen molar-refractivity contribution in [1.82, 2.24) is 0 Å². The molecular formula is C8H7NO5. The topological polar surface area (TPSA) is 104 Å². The quantitative estimate of drug-likeness (QED) is 0.351. The van der Waals surface area contributed by atoms with Crippen molar-refractivity contribution in [2.75, 3.05) is 0 Å². The van der Waals surface area contributed by atoms with Crippen LogP contribution in [-0.2, 0) is 19.1 Å². The van der Waals surface area contributed by atoms with Crippen molar-refractivity contribution in [2.24, 2.45) is 0 Å². The summed E-state index contributed by atoms with van der Waals surface area (Å²) in [6.07, 6.45) is 3.95. The van der Waals surface area contributed by atoms with Crippen LogP contribution in [0.3, 0.4) is 0 Å².